The highest BCUT2D eigenvalue weighted by atomic mass is 16.3. The van der Waals surface area contributed by atoms with Gasteiger partial charge in [-0.1, -0.05) is 12.1 Å². The zero-order chi connectivity index (χ0) is 13.9. The molecule has 4 heteroatoms. The predicted octanol–water partition coefficient (Wildman–Crippen LogP) is 2.54. The Labute approximate surface area is 118 Å². The third-order valence-electron chi connectivity index (χ3n) is 3.56. The second kappa shape index (κ2) is 5.51. The first-order valence-corrected chi connectivity index (χ1v) is 6.90. The summed E-state index contributed by atoms with van der Waals surface area (Å²) in [4.78, 5) is 14.6. The number of amides is 1. The molecule has 0 saturated heterocycles. The first-order valence-electron chi connectivity index (χ1n) is 6.90. The molecule has 104 valence electrons. The molecule has 0 spiro atoms. The molecule has 3 rings (SSSR count). The smallest absolute Gasteiger partial charge is 0.254 e. The molecule has 1 fully saturated rings. The summed E-state index contributed by atoms with van der Waals surface area (Å²) >= 11 is 0. The van der Waals surface area contributed by atoms with E-state index in [2.05, 4.69) is 0 Å². The molecule has 0 unspecified atom stereocenters. The lowest BCUT2D eigenvalue weighted by Gasteiger charge is -2.21. The Kier molecular flexibility index (Phi) is 3.56. The van der Waals surface area contributed by atoms with Crippen molar-refractivity contribution in [1.29, 1.82) is 0 Å². The van der Waals surface area contributed by atoms with Gasteiger partial charge in [-0.25, -0.2) is 0 Å². The summed E-state index contributed by atoms with van der Waals surface area (Å²) in [7, 11) is 0. The van der Waals surface area contributed by atoms with E-state index < -0.39 is 0 Å². The number of benzene rings is 1. The molecule has 2 N–H and O–H groups in total. The van der Waals surface area contributed by atoms with Crippen molar-refractivity contribution in [3.05, 3.63) is 59.5 Å². The number of carbonyl (C=O) groups is 1. The molecule has 1 saturated carbocycles. The molecule has 2 aromatic rings. The molecule has 0 atom stereocenters. The Hall–Kier alpha value is -2.07. The lowest BCUT2D eigenvalue weighted by molar-refractivity contribution is 0.0717. The first kappa shape index (κ1) is 12.9. The lowest BCUT2D eigenvalue weighted by atomic mass is 10.1. The molecule has 1 amide bonds. The Bertz CT molecular complexity index is 588. The van der Waals surface area contributed by atoms with E-state index in [0.29, 0.717) is 24.7 Å². The molecule has 0 aliphatic heterocycles. The van der Waals surface area contributed by atoms with E-state index in [-0.39, 0.29) is 5.91 Å². The SMILES string of the molecule is NCc1cccc(C(=O)N(Cc2ccco2)C2CC2)c1. The quantitative estimate of drug-likeness (QED) is 0.908. The minimum Gasteiger partial charge on any atom is -0.467 e. The van der Waals surface area contributed by atoms with Gasteiger partial charge in [0.2, 0.25) is 0 Å². The van der Waals surface area contributed by atoms with Crippen LogP contribution in [0.25, 0.3) is 0 Å². The van der Waals surface area contributed by atoms with Gasteiger partial charge >= 0.3 is 0 Å². The summed E-state index contributed by atoms with van der Waals surface area (Å²) in [6.07, 6.45) is 3.78. The molecule has 0 radical (unpaired) electrons. The van der Waals surface area contributed by atoms with Crippen LogP contribution < -0.4 is 5.73 Å². The fraction of sp³-hybridized carbons (Fsp3) is 0.312. The van der Waals surface area contributed by atoms with Gasteiger partial charge in [0.1, 0.15) is 5.76 Å². The van der Waals surface area contributed by atoms with E-state index in [1.54, 1.807) is 6.26 Å². The van der Waals surface area contributed by atoms with Gasteiger partial charge in [0.15, 0.2) is 0 Å². The van der Waals surface area contributed by atoms with Crippen molar-refractivity contribution in [3.63, 3.8) is 0 Å². The topological polar surface area (TPSA) is 59.5 Å². The van der Waals surface area contributed by atoms with Crippen molar-refractivity contribution in [2.45, 2.75) is 32.0 Å². The fourth-order valence-electron chi connectivity index (χ4n) is 2.32. The third-order valence-corrected chi connectivity index (χ3v) is 3.56. The number of furan rings is 1. The zero-order valence-corrected chi connectivity index (χ0v) is 11.3. The largest absolute Gasteiger partial charge is 0.467 e. The van der Waals surface area contributed by atoms with Gasteiger partial charge < -0.3 is 15.1 Å². The van der Waals surface area contributed by atoms with Gasteiger partial charge in [0.05, 0.1) is 12.8 Å². The van der Waals surface area contributed by atoms with Gasteiger partial charge in [-0.3, -0.25) is 4.79 Å². The maximum Gasteiger partial charge on any atom is 0.254 e. The predicted molar refractivity (Wildman–Crippen MR) is 75.9 cm³/mol. The molecular weight excluding hydrogens is 252 g/mol. The van der Waals surface area contributed by atoms with Gasteiger partial charge in [-0.15, -0.1) is 0 Å². The summed E-state index contributed by atoms with van der Waals surface area (Å²) < 4.78 is 5.36. The van der Waals surface area contributed by atoms with Gasteiger partial charge in [-0.05, 0) is 42.7 Å². The van der Waals surface area contributed by atoms with Crippen LogP contribution >= 0.6 is 0 Å². The van der Waals surface area contributed by atoms with Crippen LogP contribution in [0.3, 0.4) is 0 Å². The highest BCUT2D eigenvalue weighted by Gasteiger charge is 2.33. The summed E-state index contributed by atoms with van der Waals surface area (Å²) in [5, 5.41) is 0. The molecule has 0 bridgehead atoms. The maximum atomic E-state index is 12.7. The van der Waals surface area contributed by atoms with E-state index >= 15 is 0 Å². The third kappa shape index (κ3) is 2.75. The Balaban J connectivity index is 1.81. The zero-order valence-electron chi connectivity index (χ0n) is 11.3. The van der Waals surface area contributed by atoms with Crippen molar-refractivity contribution in [1.82, 2.24) is 4.90 Å². The number of hydrogen-bond acceptors (Lipinski definition) is 3. The standard InChI is InChI=1S/C16H18N2O2/c17-10-12-3-1-4-13(9-12)16(19)18(14-6-7-14)11-15-5-2-8-20-15/h1-5,8-9,14H,6-7,10-11,17H2. The molecule has 1 aliphatic carbocycles. The number of hydrogen-bond donors (Lipinski definition) is 1. The number of nitrogens with two attached hydrogens (primary N) is 1. The second-order valence-corrected chi connectivity index (χ2v) is 5.15. The molecule has 1 aromatic carbocycles. The van der Waals surface area contributed by atoms with E-state index in [1.165, 1.54) is 0 Å². The van der Waals surface area contributed by atoms with Crippen LogP contribution in [0.1, 0.15) is 34.5 Å². The van der Waals surface area contributed by atoms with Crippen molar-refractivity contribution in [2.75, 3.05) is 0 Å². The summed E-state index contributed by atoms with van der Waals surface area (Å²) in [6.45, 7) is 0.978. The van der Waals surface area contributed by atoms with Crippen LogP contribution in [0.4, 0.5) is 0 Å². The van der Waals surface area contributed by atoms with Crippen molar-refractivity contribution >= 4 is 5.91 Å². The lowest BCUT2D eigenvalue weighted by Crippen LogP contribution is -2.32. The first-order chi connectivity index (χ1) is 9.78. The molecule has 1 heterocycles. The van der Waals surface area contributed by atoms with Crippen LogP contribution in [0.15, 0.2) is 47.1 Å². The fourth-order valence-corrected chi connectivity index (χ4v) is 2.32. The molecule has 1 aromatic heterocycles. The van der Waals surface area contributed by atoms with E-state index in [0.717, 1.165) is 24.2 Å². The molecule has 1 aliphatic rings. The minimum absolute atomic E-state index is 0.0548. The van der Waals surface area contributed by atoms with Crippen LogP contribution in [0, 0.1) is 0 Å². The summed E-state index contributed by atoms with van der Waals surface area (Å²) in [5.41, 5.74) is 7.31. The Morgan fingerprint density at radius 1 is 1.30 bits per heavy atom. The second-order valence-electron chi connectivity index (χ2n) is 5.15. The monoisotopic (exact) mass is 270 g/mol. The van der Waals surface area contributed by atoms with Gasteiger partial charge in [0.25, 0.3) is 5.91 Å². The Morgan fingerprint density at radius 2 is 2.15 bits per heavy atom. The van der Waals surface area contributed by atoms with Crippen molar-refractivity contribution in [2.24, 2.45) is 5.73 Å². The van der Waals surface area contributed by atoms with Crippen molar-refractivity contribution < 1.29 is 9.21 Å². The van der Waals surface area contributed by atoms with Gasteiger partial charge in [0, 0.05) is 18.2 Å². The number of rotatable bonds is 5. The minimum atomic E-state index is 0.0548. The molecule has 20 heavy (non-hydrogen) atoms. The highest BCUT2D eigenvalue weighted by Crippen LogP contribution is 2.30. The average molecular weight is 270 g/mol. The van der Waals surface area contributed by atoms with E-state index in [9.17, 15) is 4.79 Å². The van der Waals surface area contributed by atoms with Crippen LogP contribution in [-0.4, -0.2) is 16.8 Å². The van der Waals surface area contributed by atoms with Crippen LogP contribution in [0.5, 0.6) is 0 Å². The number of nitrogens with zero attached hydrogens (tertiary/aromatic N) is 1. The number of carbonyl (C=O) groups excluding carboxylic acids is 1. The van der Waals surface area contributed by atoms with Crippen LogP contribution in [-0.2, 0) is 13.1 Å². The van der Waals surface area contributed by atoms with Crippen LogP contribution in [0.2, 0.25) is 0 Å². The summed E-state index contributed by atoms with van der Waals surface area (Å²) in [6, 6.07) is 11.6. The maximum absolute atomic E-state index is 12.7. The van der Waals surface area contributed by atoms with Gasteiger partial charge in [-0.2, -0.15) is 0 Å². The summed E-state index contributed by atoms with van der Waals surface area (Å²) in [5.74, 6) is 0.874. The van der Waals surface area contributed by atoms with E-state index in [1.807, 2.05) is 41.3 Å². The highest BCUT2D eigenvalue weighted by molar-refractivity contribution is 5.94. The molecular formula is C16H18N2O2. The average Bonchev–Trinajstić information content (AvgIpc) is 3.20. The van der Waals surface area contributed by atoms with E-state index in [4.69, 9.17) is 10.2 Å². The molecule has 4 nitrogen and oxygen atoms in total. The Morgan fingerprint density at radius 3 is 2.80 bits per heavy atom. The normalized spacial score (nSPS) is 14.2. The van der Waals surface area contributed by atoms with Crippen molar-refractivity contribution in [3.8, 4) is 0 Å².